The van der Waals surface area contributed by atoms with E-state index < -0.39 is 4.92 Å². The van der Waals surface area contributed by atoms with Crippen molar-refractivity contribution in [2.24, 2.45) is 5.92 Å². The molecule has 6 nitrogen and oxygen atoms in total. The van der Waals surface area contributed by atoms with Gasteiger partial charge in [-0.05, 0) is 12.8 Å². The summed E-state index contributed by atoms with van der Waals surface area (Å²) in [4.78, 5) is 18.9. The van der Waals surface area contributed by atoms with Crippen LogP contribution in [0, 0.1) is 23.0 Å². The van der Waals surface area contributed by atoms with Crippen LogP contribution in [0.3, 0.4) is 0 Å². The number of anilines is 1. The third-order valence-corrected chi connectivity index (χ3v) is 3.93. The van der Waals surface area contributed by atoms with Gasteiger partial charge in [0.1, 0.15) is 5.69 Å². The minimum absolute atomic E-state index is 0.0160. The lowest BCUT2D eigenvalue weighted by Crippen LogP contribution is -2.05. The highest BCUT2D eigenvalue weighted by Crippen LogP contribution is 2.31. The summed E-state index contributed by atoms with van der Waals surface area (Å²) < 4.78 is 0. The summed E-state index contributed by atoms with van der Waals surface area (Å²) in [5.74, 6) is 1.74. The van der Waals surface area contributed by atoms with E-state index in [4.69, 9.17) is 0 Å². The molecule has 100 valence electrons. The van der Waals surface area contributed by atoms with E-state index in [1.54, 1.807) is 14.0 Å². The smallest absolute Gasteiger partial charge is 0.322 e. The van der Waals surface area contributed by atoms with Crippen LogP contribution in [0.2, 0.25) is 0 Å². The molecular weight excluding hydrogens is 252 g/mol. The van der Waals surface area contributed by atoms with Gasteiger partial charge in [-0.2, -0.15) is 4.98 Å². The third kappa shape index (κ3) is 3.56. The number of hydrogen-bond donors (Lipinski definition) is 1. The summed E-state index contributed by atoms with van der Waals surface area (Å²) in [5.41, 5.74) is 0.410. The molecule has 1 heterocycles. The molecule has 0 spiro atoms. The van der Waals surface area contributed by atoms with Gasteiger partial charge in [0.25, 0.3) is 0 Å². The normalized spacial score (nSPS) is 12.2. The molecule has 18 heavy (non-hydrogen) atoms. The quantitative estimate of drug-likeness (QED) is 0.370. The number of nitrogens with zero attached hydrogens (tertiary/aromatic N) is 3. The van der Waals surface area contributed by atoms with Crippen LogP contribution in [0.4, 0.5) is 11.6 Å². The van der Waals surface area contributed by atoms with Gasteiger partial charge in [0, 0.05) is 12.8 Å². The second-order valence-corrected chi connectivity index (χ2v) is 5.13. The highest BCUT2D eigenvalue weighted by atomic mass is 32.2. The third-order valence-electron chi connectivity index (χ3n) is 2.63. The van der Waals surface area contributed by atoms with Crippen LogP contribution >= 0.6 is 11.8 Å². The molecule has 0 fully saturated rings. The van der Waals surface area contributed by atoms with E-state index in [-0.39, 0.29) is 5.69 Å². The number of thioether (sulfide) groups is 1. The average Bonchev–Trinajstić information content (AvgIpc) is 2.34. The average molecular weight is 270 g/mol. The van der Waals surface area contributed by atoms with Crippen molar-refractivity contribution in [3.8, 4) is 0 Å². The summed E-state index contributed by atoms with van der Waals surface area (Å²) in [6.45, 7) is 5.85. The molecule has 7 heteroatoms. The lowest BCUT2D eigenvalue weighted by atomic mass is 10.2. The fourth-order valence-electron chi connectivity index (χ4n) is 1.30. The molecule has 0 radical (unpaired) electrons. The molecular formula is C11H18N4O2S. The maximum atomic E-state index is 11.0. The van der Waals surface area contributed by atoms with Gasteiger partial charge < -0.3 is 5.32 Å². The zero-order chi connectivity index (χ0) is 13.7. The van der Waals surface area contributed by atoms with Gasteiger partial charge >= 0.3 is 5.69 Å². The number of aryl methyl sites for hydroxylation is 1. The van der Waals surface area contributed by atoms with E-state index >= 15 is 0 Å². The van der Waals surface area contributed by atoms with Crippen molar-refractivity contribution in [3.63, 3.8) is 0 Å². The summed E-state index contributed by atoms with van der Waals surface area (Å²) in [7, 11) is 1.70. The second-order valence-electron chi connectivity index (χ2n) is 4.12. The summed E-state index contributed by atoms with van der Waals surface area (Å²) in [6, 6.07) is 0. The van der Waals surface area contributed by atoms with Gasteiger partial charge in [-0.25, -0.2) is 4.98 Å². The Hall–Kier alpha value is -1.37. The largest absolute Gasteiger partial charge is 0.357 e. The Morgan fingerprint density at radius 2 is 2.17 bits per heavy atom. The van der Waals surface area contributed by atoms with Crippen LogP contribution in [0.5, 0.6) is 0 Å². The monoisotopic (exact) mass is 270 g/mol. The molecule has 1 rings (SSSR count). The Bertz CT molecular complexity index is 439. The van der Waals surface area contributed by atoms with E-state index in [2.05, 4.69) is 29.1 Å². The van der Waals surface area contributed by atoms with Crippen molar-refractivity contribution in [1.29, 1.82) is 0 Å². The maximum Gasteiger partial charge on any atom is 0.322 e. The Balaban J connectivity index is 3.05. The molecule has 0 amide bonds. The van der Waals surface area contributed by atoms with Crippen LogP contribution < -0.4 is 5.32 Å². The fourth-order valence-corrected chi connectivity index (χ4v) is 2.49. The Kier molecular flexibility index (Phi) is 5.33. The predicted octanol–water partition coefficient (Wildman–Crippen LogP) is 2.87. The number of hydrogen-bond acceptors (Lipinski definition) is 6. The van der Waals surface area contributed by atoms with Gasteiger partial charge in [0.15, 0.2) is 5.03 Å². The lowest BCUT2D eigenvalue weighted by molar-refractivity contribution is -0.389. The lowest BCUT2D eigenvalue weighted by Gasteiger charge is -2.09. The summed E-state index contributed by atoms with van der Waals surface area (Å²) in [5, 5.41) is 14.3. The first-order valence-corrected chi connectivity index (χ1v) is 6.81. The van der Waals surface area contributed by atoms with Crippen LogP contribution in [-0.2, 0) is 0 Å². The first-order valence-electron chi connectivity index (χ1n) is 5.83. The van der Waals surface area contributed by atoms with E-state index in [9.17, 15) is 10.1 Å². The van der Waals surface area contributed by atoms with Crippen molar-refractivity contribution in [2.75, 3.05) is 18.1 Å². The maximum absolute atomic E-state index is 11.0. The summed E-state index contributed by atoms with van der Waals surface area (Å²) in [6.07, 6.45) is 1.05. The summed E-state index contributed by atoms with van der Waals surface area (Å²) >= 11 is 1.42. The van der Waals surface area contributed by atoms with E-state index in [1.807, 2.05) is 0 Å². The molecule has 0 aliphatic carbocycles. The molecule has 0 aromatic carbocycles. The van der Waals surface area contributed by atoms with Gasteiger partial charge in [0.2, 0.25) is 5.95 Å². The van der Waals surface area contributed by atoms with Crippen molar-refractivity contribution in [1.82, 2.24) is 9.97 Å². The minimum atomic E-state index is -0.409. The van der Waals surface area contributed by atoms with Crippen LogP contribution in [0.15, 0.2) is 5.03 Å². The predicted molar refractivity (Wildman–Crippen MR) is 73.1 cm³/mol. The van der Waals surface area contributed by atoms with Gasteiger partial charge in [-0.1, -0.05) is 32.0 Å². The number of nitrogens with one attached hydrogen (secondary N) is 1. The Morgan fingerprint density at radius 3 is 2.67 bits per heavy atom. The zero-order valence-corrected chi connectivity index (χ0v) is 11.9. The minimum Gasteiger partial charge on any atom is -0.357 e. The van der Waals surface area contributed by atoms with Gasteiger partial charge in [-0.3, -0.25) is 10.1 Å². The topological polar surface area (TPSA) is 81.0 Å². The molecule has 1 unspecified atom stereocenters. The Labute approximate surface area is 111 Å². The highest BCUT2D eigenvalue weighted by Gasteiger charge is 2.22. The molecule has 0 saturated heterocycles. The van der Waals surface area contributed by atoms with Crippen molar-refractivity contribution in [2.45, 2.75) is 32.2 Å². The highest BCUT2D eigenvalue weighted by molar-refractivity contribution is 7.99. The number of nitro groups is 1. The second kappa shape index (κ2) is 6.53. The van der Waals surface area contributed by atoms with Gasteiger partial charge in [-0.15, -0.1) is 0 Å². The fraction of sp³-hybridized carbons (Fsp3) is 0.636. The molecule has 0 bridgehead atoms. The first-order chi connectivity index (χ1) is 8.49. The van der Waals surface area contributed by atoms with Crippen molar-refractivity contribution in [3.05, 3.63) is 15.8 Å². The zero-order valence-electron chi connectivity index (χ0n) is 11.1. The van der Waals surface area contributed by atoms with E-state index in [0.29, 0.717) is 22.6 Å². The molecule has 1 aromatic rings. The Morgan fingerprint density at radius 1 is 1.50 bits per heavy atom. The molecule has 0 saturated carbocycles. The van der Waals surface area contributed by atoms with Crippen LogP contribution in [0.1, 0.15) is 26.0 Å². The molecule has 1 atom stereocenters. The van der Waals surface area contributed by atoms with E-state index in [0.717, 1.165) is 12.2 Å². The molecule has 0 aliphatic rings. The molecule has 1 aromatic heterocycles. The SMILES string of the molecule is CCC(C)CSc1nc(NC)nc(C)c1[N+](=O)[O-]. The first kappa shape index (κ1) is 14.7. The van der Waals surface area contributed by atoms with E-state index in [1.165, 1.54) is 11.8 Å². The van der Waals surface area contributed by atoms with Crippen LogP contribution in [-0.4, -0.2) is 27.7 Å². The number of rotatable bonds is 6. The van der Waals surface area contributed by atoms with Crippen LogP contribution in [0.25, 0.3) is 0 Å². The van der Waals surface area contributed by atoms with Gasteiger partial charge in [0.05, 0.1) is 4.92 Å². The molecule has 1 N–H and O–H groups in total. The standard InChI is InChI=1S/C11H18N4O2S/c1-5-7(2)6-18-10-9(15(16)17)8(3)13-11(12-4)14-10/h7H,5-6H2,1-4H3,(H,12,13,14). The molecule has 0 aliphatic heterocycles. The number of aromatic nitrogens is 2. The van der Waals surface area contributed by atoms with Crippen molar-refractivity contribution < 1.29 is 4.92 Å². The van der Waals surface area contributed by atoms with Crippen molar-refractivity contribution >= 4 is 23.4 Å².